The zero-order valence-electron chi connectivity index (χ0n) is 5.73. The minimum Gasteiger partial charge on any atom is -0.349 e. The van der Waals surface area contributed by atoms with Gasteiger partial charge in [-0.25, -0.2) is 0 Å². The summed E-state index contributed by atoms with van der Waals surface area (Å²) in [6, 6.07) is 0.736. The van der Waals surface area contributed by atoms with Gasteiger partial charge in [0.15, 0.2) is 7.98 Å². The van der Waals surface area contributed by atoms with Gasteiger partial charge in [-0.05, 0) is 19.5 Å². The molecule has 42 valence electrons. The van der Waals surface area contributed by atoms with Crippen molar-refractivity contribution in [3.63, 3.8) is 0 Å². The van der Waals surface area contributed by atoms with Crippen molar-refractivity contribution in [1.29, 1.82) is 0 Å². The van der Waals surface area contributed by atoms with Crippen LogP contribution in [0.25, 0.3) is 0 Å². The lowest BCUT2D eigenvalue weighted by Crippen LogP contribution is -2.24. The second-order valence-electron chi connectivity index (χ2n) is 2.22. The largest absolute Gasteiger partial charge is 0.349 e. The van der Waals surface area contributed by atoms with Crippen LogP contribution in [0.2, 0.25) is 0 Å². The van der Waals surface area contributed by atoms with E-state index in [1.165, 1.54) is 6.42 Å². The summed E-state index contributed by atoms with van der Waals surface area (Å²) >= 11 is 0. The third-order valence-electron chi connectivity index (χ3n) is 1.47. The highest BCUT2D eigenvalue weighted by Crippen LogP contribution is 1.93. The maximum atomic E-state index is 2.22. The number of rotatable bonds is 2. The van der Waals surface area contributed by atoms with Crippen molar-refractivity contribution in [3.05, 3.63) is 0 Å². The van der Waals surface area contributed by atoms with Crippen LogP contribution in [0.5, 0.6) is 0 Å². The molecule has 0 fully saturated rings. The highest BCUT2D eigenvalue weighted by Gasteiger charge is 1.96. The normalized spacial score (nSPS) is 14.9. The Morgan fingerprint density at radius 3 is 2.14 bits per heavy atom. The fourth-order valence-electron chi connectivity index (χ4n) is 0.365. The predicted molar refractivity (Wildman–Crippen MR) is 36.1 cm³/mol. The number of hydrogen-bond donors (Lipinski definition) is 0. The van der Waals surface area contributed by atoms with E-state index in [0.717, 1.165) is 6.04 Å². The second kappa shape index (κ2) is 3.08. The number of nitrogens with zero attached hydrogens (tertiary/aromatic N) is 1. The molecule has 0 amide bonds. The fraction of sp³-hybridized carbons (Fsp3) is 1.00. The van der Waals surface area contributed by atoms with E-state index in [-0.39, 0.29) is 0 Å². The summed E-state index contributed by atoms with van der Waals surface area (Å²) in [5, 5.41) is 0. The molecule has 0 bridgehead atoms. The molecule has 0 aromatic carbocycles. The molecular formula is C5H14BN. The molecule has 7 heavy (non-hydrogen) atoms. The fourth-order valence-corrected chi connectivity index (χ4v) is 0.365. The summed E-state index contributed by atoms with van der Waals surface area (Å²) in [6.07, 6.45) is 1.24. The Kier molecular flexibility index (Phi) is 3.09. The summed E-state index contributed by atoms with van der Waals surface area (Å²) in [5.41, 5.74) is 0. The van der Waals surface area contributed by atoms with Crippen LogP contribution in [0.3, 0.4) is 0 Å². The smallest absolute Gasteiger partial charge is 0.185 e. The van der Waals surface area contributed by atoms with Gasteiger partial charge in [0, 0.05) is 0 Å². The van der Waals surface area contributed by atoms with Gasteiger partial charge < -0.3 is 4.81 Å². The maximum Gasteiger partial charge on any atom is 0.185 e. The highest BCUT2D eigenvalue weighted by molar-refractivity contribution is 6.04. The molecule has 1 nitrogen and oxygen atoms in total. The van der Waals surface area contributed by atoms with Gasteiger partial charge in [0.2, 0.25) is 0 Å². The molecule has 0 saturated carbocycles. The van der Waals surface area contributed by atoms with Crippen molar-refractivity contribution in [2.45, 2.75) is 26.3 Å². The van der Waals surface area contributed by atoms with E-state index >= 15 is 0 Å². The summed E-state index contributed by atoms with van der Waals surface area (Å²) in [5.74, 6) is 0. The summed E-state index contributed by atoms with van der Waals surface area (Å²) < 4.78 is 0. The van der Waals surface area contributed by atoms with Crippen LogP contribution in [-0.4, -0.2) is 25.9 Å². The molecule has 0 aliphatic carbocycles. The van der Waals surface area contributed by atoms with Crippen molar-refractivity contribution in [2.75, 3.05) is 7.05 Å². The Bertz CT molecular complexity index is 45.3. The first-order valence-electron chi connectivity index (χ1n) is 2.85. The van der Waals surface area contributed by atoms with E-state index in [4.69, 9.17) is 0 Å². The van der Waals surface area contributed by atoms with E-state index in [1.807, 2.05) is 0 Å². The van der Waals surface area contributed by atoms with E-state index in [0.29, 0.717) is 0 Å². The Hall–Kier alpha value is 0.0249. The van der Waals surface area contributed by atoms with Crippen LogP contribution < -0.4 is 0 Å². The molecule has 0 aromatic rings. The Labute approximate surface area is 47.1 Å². The average molecular weight is 99.0 g/mol. The Morgan fingerprint density at radius 1 is 1.71 bits per heavy atom. The van der Waals surface area contributed by atoms with Gasteiger partial charge in [-0.2, -0.15) is 0 Å². The summed E-state index contributed by atoms with van der Waals surface area (Å²) in [4.78, 5) is 2.22. The molecule has 0 rings (SSSR count). The zero-order chi connectivity index (χ0) is 5.86. The van der Waals surface area contributed by atoms with E-state index in [1.54, 1.807) is 0 Å². The average Bonchev–Trinajstić information content (AvgIpc) is 1.65. The summed E-state index contributed by atoms with van der Waals surface area (Å²) in [7, 11) is 4.21. The minimum absolute atomic E-state index is 0.736. The van der Waals surface area contributed by atoms with Crippen molar-refractivity contribution >= 4 is 7.98 Å². The minimum atomic E-state index is 0.736. The topological polar surface area (TPSA) is 3.24 Å². The van der Waals surface area contributed by atoms with Gasteiger partial charge in [0.05, 0.1) is 0 Å². The lowest BCUT2D eigenvalue weighted by Gasteiger charge is -2.16. The van der Waals surface area contributed by atoms with Gasteiger partial charge >= 0.3 is 0 Å². The van der Waals surface area contributed by atoms with Crippen LogP contribution in [0.4, 0.5) is 0 Å². The molecule has 2 heteroatoms. The van der Waals surface area contributed by atoms with Crippen molar-refractivity contribution in [3.8, 4) is 0 Å². The predicted octanol–water partition coefficient (Wildman–Crippen LogP) is 0.265. The molecule has 0 radical (unpaired) electrons. The number of hydrogen-bond acceptors (Lipinski definition) is 1. The van der Waals surface area contributed by atoms with Gasteiger partial charge in [-0.15, -0.1) is 0 Å². The monoisotopic (exact) mass is 99.1 g/mol. The van der Waals surface area contributed by atoms with Gasteiger partial charge in [0.25, 0.3) is 0 Å². The molecule has 0 N–H and O–H groups in total. The Morgan fingerprint density at radius 2 is 2.14 bits per heavy atom. The van der Waals surface area contributed by atoms with Crippen LogP contribution in [-0.2, 0) is 0 Å². The molecule has 0 saturated heterocycles. The standard InChI is InChI=1S/C5H14BN/c1-4-5(2)7(3)6/h5H,4,6H2,1-3H3. The second-order valence-corrected chi connectivity index (χ2v) is 2.22. The van der Waals surface area contributed by atoms with Crippen molar-refractivity contribution < 1.29 is 0 Å². The quantitative estimate of drug-likeness (QED) is 0.449. The molecule has 0 aliphatic heterocycles. The first-order chi connectivity index (χ1) is 3.18. The van der Waals surface area contributed by atoms with E-state index in [2.05, 4.69) is 33.7 Å². The highest BCUT2D eigenvalue weighted by atomic mass is 15.0. The molecular weight excluding hydrogens is 84.9 g/mol. The molecule has 1 unspecified atom stereocenters. The molecule has 1 atom stereocenters. The van der Waals surface area contributed by atoms with Crippen LogP contribution in [0.1, 0.15) is 20.3 Å². The first kappa shape index (κ1) is 7.02. The van der Waals surface area contributed by atoms with Crippen LogP contribution in [0.15, 0.2) is 0 Å². The van der Waals surface area contributed by atoms with Gasteiger partial charge in [-0.1, -0.05) is 13.8 Å². The van der Waals surface area contributed by atoms with E-state index in [9.17, 15) is 0 Å². The van der Waals surface area contributed by atoms with Gasteiger partial charge in [-0.3, -0.25) is 0 Å². The zero-order valence-corrected chi connectivity index (χ0v) is 5.73. The van der Waals surface area contributed by atoms with Crippen LogP contribution >= 0.6 is 0 Å². The summed E-state index contributed by atoms with van der Waals surface area (Å²) in [6.45, 7) is 4.42. The van der Waals surface area contributed by atoms with Crippen molar-refractivity contribution in [1.82, 2.24) is 4.81 Å². The molecule has 0 spiro atoms. The van der Waals surface area contributed by atoms with Crippen molar-refractivity contribution in [2.24, 2.45) is 0 Å². The molecule has 0 aromatic heterocycles. The Balaban J connectivity index is 3.14. The maximum absolute atomic E-state index is 2.22. The lowest BCUT2D eigenvalue weighted by atomic mass is 10.2. The third kappa shape index (κ3) is 2.69. The molecule has 0 aliphatic rings. The third-order valence-corrected chi connectivity index (χ3v) is 1.47. The first-order valence-corrected chi connectivity index (χ1v) is 2.85. The molecule has 0 heterocycles. The SMILES string of the molecule is BN(C)C(C)CC. The van der Waals surface area contributed by atoms with Gasteiger partial charge in [0.1, 0.15) is 0 Å². The lowest BCUT2D eigenvalue weighted by molar-refractivity contribution is 0.410. The van der Waals surface area contributed by atoms with Crippen LogP contribution in [0, 0.1) is 0 Å². The van der Waals surface area contributed by atoms with E-state index < -0.39 is 0 Å².